The molecule has 1 amide bonds. The maximum absolute atomic E-state index is 11.6. The van der Waals surface area contributed by atoms with Crippen molar-refractivity contribution in [3.8, 4) is 0 Å². The molecule has 1 saturated heterocycles. The predicted octanol–water partition coefficient (Wildman–Crippen LogP) is 1.30. The average molecular weight is 245 g/mol. The van der Waals surface area contributed by atoms with Gasteiger partial charge in [0.1, 0.15) is 5.60 Å². The van der Waals surface area contributed by atoms with Gasteiger partial charge in [-0.05, 0) is 34.1 Å². The average Bonchev–Trinajstić information content (AvgIpc) is 2.17. The quantitative estimate of drug-likeness (QED) is 0.769. The van der Waals surface area contributed by atoms with Crippen LogP contribution in [-0.2, 0) is 9.47 Å². The normalized spacial score (nSPS) is 29.8. The number of amides is 1. The van der Waals surface area contributed by atoms with Crippen LogP contribution < -0.4 is 5.32 Å². The molecule has 1 aliphatic rings. The number of rotatable bonds is 2. The van der Waals surface area contributed by atoms with Gasteiger partial charge in [0, 0.05) is 12.5 Å². The highest BCUT2D eigenvalue weighted by Gasteiger charge is 2.31. The molecule has 0 aromatic rings. The Kier molecular flexibility index (Phi) is 4.77. The summed E-state index contributed by atoms with van der Waals surface area (Å²) >= 11 is 0. The van der Waals surface area contributed by atoms with Crippen molar-refractivity contribution >= 4 is 6.09 Å². The maximum Gasteiger partial charge on any atom is 0.407 e. The molecule has 2 N–H and O–H groups in total. The molecule has 100 valence electrons. The van der Waals surface area contributed by atoms with Crippen LogP contribution in [0.15, 0.2) is 0 Å². The minimum absolute atomic E-state index is 0.0336. The molecular weight excluding hydrogens is 222 g/mol. The molecule has 5 nitrogen and oxygen atoms in total. The highest BCUT2D eigenvalue weighted by molar-refractivity contribution is 5.68. The summed E-state index contributed by atoms with van der Waals surface area (Å²) in [5, 5.41) is 12.0. The lowest BCUT2D eigenvalue weighted by Gasteiger charge is -2.34. The summed E-state index contributed by atoms with van der Waals surface area (Å²) in [5.41, 5.74) is -0.512. The topological polar surface area (TPSA) is 67.8 Å². The summed E-state index contributed by atoms with van der Waals surface area (Å²) < 4.78 is 10.6. The fourth-order valence-corrected chi connectivity index (χ4v) is 1.88. The van der Waals surface area contributed by atoms with Gasteiger partial charge in [-0.3, -0.25) is 0 Å². The SMILES string of the molecule is CC1CC(CO)C(NC(=O)OC(C)(C)C)CO1. The van der Waals surface area contributed by atoms with Crippen molar-refractivity contribution in [3.63, 3.8) is 0 Å². The molecule has 17 heavy (non-hydrogen) atoms. The Morgan fingerprint density at radius 2 is 2.18 bits per heavy atom. The number of aliphatic hydroxyl groups is 1. The van der Waals surface area contributed by atoms with Gasteiger partial charge in [0.15, 0.2) is 0 Å². The smallest absolute Gasteiger partial charge is 0.407 e. The van der Waals surface area contributed by atoms with Crippen LogP contribution in [0.2, 0.25) is 0 Å². The van der Waals surface area contributed by atoms with Crippen molar-refractivity contribution in [1.82, 2.24) is 5.32 Å². The Labute approximate surface area is 102 Å². The lowest BCUT2D eigenvalue weighted by atomic mass is 9.92. The standard InChI is InChI=1S/C12H23NO4/c1-8-5-9(6-14)10(7-16-8)13-11(15)17-12(2,3)4/h8-10,14H,5-7H2,1-4H3,(H,13,15). The van der Waals surface area contributed by atoms with E-state index in [1.54, 1.807) is 0 Å². The molecule has 1 aliphatic heterocycles. The van der Waals surface area contributed by atoms with Crippen molar-refractivity contribution < 1.29 is 19.4 Å². The fraction of sp³-hybridized carbons (Fsp3) is 0.917. The van der Waals surface area contributed by atoms with Gasteiger partial charge in [-0.1, -0.05) is 0 Å². The van der Waals surface area contributed by atoms with Crippen molar-refractivity contribution in [1.29, 1.82) is 0 Å². The summed E-state index contributed by atoms with van der Waals surface area (Å²) in [6.45, 7) is 7.88. The van der Waals surface area contributed by atoms with Crippen LogP contribution in [-0.4, -0.2) is 42.2 Å². The molecule has 0 spiro atoms. The van der Waals surface area contributed by atoms with E-state index in [0.29, 0.717) is 6.61 Å². The molecule has 0 aromatic heterocycles. The zero-order chi connectivity index (χ0) is 13.1. The number of ether oxygens (including phenoxy) is 2. The van der Waals surface area contributed by atoms with Gasteiger partial charge in [-0.2, -0.15) is 0 Å². The molecule has 1 heterocycles. The fourth-order valence-electron chi connectivity index (χ4n) is 1.88. The van der Waals surface area contributed by atoms with Crippen LogP contribution in [0.3, 0.4) is 0 Å². The summed E-state index contributed by atoms with van der Waals surface area (Å²) in [4.78, 5) is 11.6. The van der Waals surface area contributed by atoms with Gasteiger partial charge in [0.25, 0.3) is 0 Å². The third-order valence-electron chi connectivity index (χ3n) is 2.70. The second-order valence-electron chi connectivity index (χ2n) is 5.58. The minimum Gasteiger partial charge on any atom is -0.444 e. The van der Waals surface area contributed by atoms with Crippen molar-refractivity contribution in [2.24, 2.45) is 5.92 Å². The molecular formula is C12H23NO4. The van der Waals surface area contributed by atoms with E-state index in [-0.39, 0.29) is 24.7 Å². The van der Waals surface area contributed by atoms with E-state index in [1.807, 2.05) is 27.7 Å². The van der Waals surface area contributed by atoms with E-state index in [9.17, 15) is 9.90 Å². The first-order valence-corrected chi connectivity index (χ1v) is 6.04. The number of carbonyl (C=O) groups is 1. The lowest BCUT2D eigenvalue weighted by Crippen LogP contribution is -2.50. The van der Waals surface area contributed by atoms with Gasteiger partial charge in [-0.15, -0.1) is 0 Å². The molecule has 3 atom stereocenters. The Hall–Kier alpha value is -0.810. The third kappa shape index (κ3) is 4.91. The highest BCUT2D eigenvalue weighted by Crippen LogP contribution is 2.20. The van der Waals surface area contributed by atoms with E-state index >= 15 is 0 Å². The van der Waals surface area contributed by atoms with Crippen molar-refractivity contribution in [2.45, 2.75) is 51.9 Å². The number of alkyl carbamates (subject to hydrolysis) is 1. The summed E-state index contributed by atoms with van der Waals surface area (Å²) in [6, 6.07) is -0.175. The van der Waals surface area contributed by atoms with Gasteiger partial charge in [0.05, 0.1) is 18.8 Å². The van der Waals surface area contributed by atoms with Crippen LogP contribution >= 0.6 is 0 Å². The van der Waals surface area contributed by atoms with Gasteiger partial charge < -0.3 is 19.9 Å². The Balaban J connectivity index is 2.47. The minimum atomic E-state index is -0.512. The second kappa shape index (κ2) is 5.69. The molecule has 3 unspecified atom stereocenters. The van der Waals surface area contributed by atoms with E-state index in [2.05, 4.69) is 5.32 Å². The lowest BCUT2D eigenvalue weighted by molar-refractivity contribution is -0.0367. The summed E-state index contributed by atoms with van der Waals surface area (Å²) in [5.74, 6) is 0.0336. The first-order chi connectivity index (χ1) is 7.81. The molecule has 0 radical (unpaired) electrons. The third-order valence-corrected chi connectivity index (χ3v) is 2.70. The largest absolute Gasteiger partial charge is 0.444 e. The van der Waals surface area contributed by atoms with E-state index in [0.717, 1.165) is 6.42 Å². The Morgan fingerprint density at radius 3 is 2.71 bits per heavy atom. The molecule has 1 fully saturated rings. The molecule has 0 bridgehead atoms. The number of aliphatic hydroxyl groups excluding tert-OH is 1. The van der Waals surface area contributed by atoms with Crippen molar-refractivity contribution in [3.05, 3.63) is 0 Å². The molecule has 5 heteroatoms. The highest BCUT2D eigenvalue weighted by atomic mass is 16.6. The van der Waals surface area contributed by atoms with Gasteiger partial charge in [0.2, 0.25) is 0 Å². The number of hydrogen-bond donors (Lipinski definition) is 2. The molecule has 0 aliphatic carbocycles. The number of carbonyl (C=O) groups excluding carboxylic acids is 1. The first kappa shape index (κ1) is 14.3. The van der Waals surface area contributed by atoms with Crippen LogP contribution in [0.25, 0.3) is 0 Å². The molecule has 0 saturated carbocycles. The monoisotopic (exact) mass is 245 g/mol. The van der Waals surface area contributed by atoms with E-state index in [1.165, 1.54) is 0 Å². The van der Waals surface area contributed by atoms with E-state index < -0.39 is 11.7 Å². The van der Waals surface area contributed by atoms with Crippen molar-refractivity contribution in [2.75, 3.05) is 13.2 Å². The molecule has 1 rings (SSSR count). The number of nitrogens with one attached hydrogen (secondary N) is 1. The maximum atomic E-state index is 11.6. The Morgan fingerprint density at radius 1 is 1.53 bits per heavy atom. The zero-order valence-electron chi connectivity index (χ0n) is 11.0. The Bertz CT molecular complexity index is 262. The first-order valence-electron chi connectivity index (χ1n) is 6.04. The van der Waals surface area contributed by atoms with Crippen LogP contribution in [0.4, 0.5) is 4.79 Å². The van der Waals surface area contributed by atoms with Crippen LogP contribution in [0, 0.1) is 5.92 Å². The number of hydrogen-bond acceptors (Lipinski definition) is 4. The second-order valence-corrected chi connectivity index (χ2v) is 5.58. The van der Waals surface area contributed by atoms with Gasteiger partial charge in [-0.25, -0.2) is 4.79 Å². The molecule has 0 aromatic carbocycles. The van der Waals surface area contributed by atoms with Crippen LogP contribution in [0.5, 0.6) is 0 Å². The summed E-state index contributed by atoms with van der Waals surface area (Å²) in [7, 11) is 0. The van der Waals surface area contributed by atoms with Crippen LogP contribution in [0.1, 0.15) is 34.1 Å². The zero-order valence-corrected chi connectivity index (χ0v) is 11.0. The summed E-state index contributed by atoms with van der Waals surface area (Å²) in [6.07, 6.45) is 0.416. The van der Waals surface area contributed by atoms with Gasteiger partial charge >= 0.3 is 6.09 Å². The predicted molar refractivity (Wildman–Crippen MR) is 63.8 cm³/mol. The van der Waals surface area contributed by atoms with E-state index in [4.69, 9.17) is 9.47 Å².